The molecule has 0 aliphatic rings. The Labute approximate surface area is 116 Å². The van der Waals surface area contributed by atoms with Crippen molar-refractivity contribution < 1.29 is 20.1 Å². The molecule has 1 unspecified atom stereocenters. The predicted molar refractivity (Wildman–Crippen MR) is 74.0 cm³/mol. The topological polar surface area (TPSA) is 77.8 Å². The Morgan fingerprint density at radius 2 is 1.45 bits per heavy atom. The molecule has 2 rings (SSSR count). The van der Waals surface area contributed by atoms with Crippen molar-refractivity contribution in [3.63, 3.8) is 0 Å². The van der Waals surface area contributed by atoms with Crippen molar-refractivity contribution in [2.75, 3.05) is 0 Å². The summed E-state index contributed by atoms with van der Waals surface area (Å²) in [4.78, 5) is 11.4. The molecule has 20 heavy (non-hydrogen) atoms. The standard InChI is InChI=1S/C16H16O4/c17-15(18)14(12-7-3-1-4-8-12)11-16(19,20)13-9-5-2-6-10-13/h1-10,14,19-20H,11H2,(H,17,18). The fourth-order valence-corrected chi connectivity index (χ4v) is 2.14. The molecule has 2 aromatic carbocycles. The molecule has 4 heteroatoms. The average Bonchev–Trinajstić information content (AvgIpc) is 2.46. The van der Waals surface area contributed by atoms with Gasteiger partial charge in [0.2, 0.25) is 0 Å². The number of hydrogen-bond donors (Lipinski definition) is 3. The lowest BCUT2D eigenvalue weighted by Crippen LogP contribution is -2.30. The van der Waals surface area contributed by atoms with Gasteiger partial charge in [-0.2, -0.15) is 0 Å². The lowest BCUT2D eigenvalue weighted by molar-refractivity contribution is -0.183. The molecule has 0 saturated carbocycles. The molecule has 1 atom stereocenters. The van der Waals surface area contributed by atoms with Crippen molar-refractivity contribution >= 4 is 5.97 Å². The van der Waals surface area contributed by atoms with Crippen LogP contribution in [0.3, 0.4) is 0 Å². The second-order valence-corrected chi connectivity index (χ2v) is 4.69. The van der Waals surface area contributed by atoms with Crippen LogP contribution in [-0.2, 0) is 10.6 Å². The van der Waals surface area contributed by atoms with Crippen LogP contribution in [0, 0.1) is 0 Å². The molecule has 3 N–H and O–H groups in total. The lowest BCUT2D eigenvalue weighted by atomic mass is 9.88. The van der Waals surface area contributed by atoms with E-state index >= 15 is 0 Å². The minimum Gasteiger partial charge on any atom is -0.481 e. The molecule has 104 valence electrons. The van der Waals surface area contributed by atoms with E-state index in [1.54, 1.807) is 60.7 Å². The molecule has 0 fully saturated rings. The van der Waals surface area contributed by atoms with Gasteiger partial charge in [0.1, 0.15) is 0 Å². The zero-order valence-corrected chi connectivity index (χ0v) is 10.8. The van der Waals surface area contributed by atoms with E-state index in [1.165, 1.54) is 0 Å². The summed E-state index contributed by atoms with van der Waals surface area (Å²) in [6.07, 6.45) is -0.309. The van der Waals surface area contributed by atoms with Gasteiger partial charge < -0.3 is 15.3 Å². The van der Waals surface area contributed by atoms with Gasteiger partial charge in [-0.15, -0.1) is 0 Å². The fraction of sp³-hybridized carbons (Fsp3) is 0.188. The summed E-state index contributed by atoms with van der Waals surface area (Å²) in [7, 11) is 0. The predicted octanol–water partition coefficient (Wildman–Crippen LogP) is 2.08. The minimum absolute atomic E-state index is 0.280. The molecule has 0 aliphatic carbocycles. The van der Waals surface area contributed by atoms with Gasteiger partial charge in [-0.05, 0) is 5.56 Å². The van der Waals surface area contributed by atoms with Crippen LogP contribution in [0.15, 0.2) is 60.7 Å². The minimum atomic E-state index is -2.18. The summed E-state index contributed by atoms with van der Waals surface area (Å²) in [5.41, 5.74) is 0.825. The molecule has 0 spiro atoms. The van der Waals surface area contributed by atoms with Gasteiger partial charge in [-0.3, -0.25) is 4.79 Å². The number of hydrogen-bond acceptors (Lipinski definition) is 3. The van der Waals surface area contributed by atoms with Crippen molar-refractivity contribution in [1.29, 1.82) is 0 Å². The van der Waals surface area contributed by atoms with E-state index in [0.717, 1.165) is 0 Å². The highest BCUT2D eigenvalue weighted by Crippen LogP contribution is 2.31. The number of aliphatic carboxylic acids is 1. The Bertz CT molecular complexity index is 564. The average molecular weight is 272 g/mol. The van der Waals surface area contributed by atoms with E-state index in [1.807, 2.05) is 0 Å². The molecule has 4 nitrogen and oxygen atoms in total. The quantitative estimate of drug-likeness (QED) is 0.728. The molecule has 0 heterocycles. The first-order valence-electron chi connectivity index (χ1n) is 6.29. The van der Waals surface area contributed by atoms with Gasteiger partial charge in [-0.25, -0.2) is 0 Å². The summed E-state index contributed by atoms with van der Waals surface area (Å²) in [5.74, 6) is -4.24. The Hall–Kier alpha value is -2.17. The highest BCUT2D eigenvalue weighted by Gasteiger charge is 2.33. The first kappa shape index (κ1) is 14.2. The maximum Gasteiger partial charge on any atom is 0.311 e. The zero-order valence-electron chi connectivity index (χ0n) is 10.8. The second kappa shape index (κ2) is 5.86. The summed E-state index contributed by atoms with van der Waals surface area (Å²) in [6.45, 7) is 0. The van der Waals surface area contributed by atoms with E-state index in [-0.39, 0.29) is 12.0 Å². The normalized spacial score (nSPS) is 12.9. The van der Waals surface area contributed by atoms with Gasteiger partial charge in [0, 0.05) is 12.0 Å². The van der Waals surface area contributed by atoms with E-state index < -0.39 is 17.7 Å². The first-order chi connectivity index (χ1) is 9.50. The number of rotatable bonds is 5. The third-order valence-corrected chi connectivity index (χ3v) is 3.22. The second-order valence-electron chi connectivity index (χ2n) is 4.69. The van der Waals surface area contributed by atoms with Crippen LogP contribution in [0.25, 0.3) is 0 Å². The number of carbonyl (C=O) groups is 1. The summed E-state index contributed by atoms with van der Waals surface area (Å²) >= 11 is 0. The van der Waals surface area contributed by atoms with Crippen molar-refractivity contribution in [2.24, 2.45) is 0 Å². The molecular weight excluding hydrogens is 256 g/mol. The molecule has 2 aromatic rings. The number of carboxylic acids is 1. The van der Waals surface area contributed by atoms with E-state index in [4.69, 9.17) is 0 Å². The first-order valence-corrected chi connectivity index (χ1v) is 6.29. The maximum atomic E-state index is 11.4. The van der Waals surface area contributed by atoms with Crippen LogP contribution in [-0.4, -0.2) is 21.3 Å². The maximum absolute atomic E-state index is 11.4. The zero-order chi connectivity index (χ0) is 14.6. The summed E-state index contributed by atoms with van der Waals surface area (Å²) in [5, 5.41) is 29.6. The van der Waals surface area contributed by atoms with Gasteiger partial charge >= 0.3 is 5.97 Å². The number of aliphatic hydroxyl groups is 2. The van der Waals surface area contributed by atoms with Crippen LogP contribution >= 0.6 is 0 Å². The van der Waals surface area contributed by atoms with Gasteiger partial charge in [0.15, 0.2) is 5.79 Å². The summed E-state index contributed by atoms with van der Waals surface area (Å²) < 4.78 is 0. The third kappa shape index (κ3) is 3.23. The molecule has 0 aliphatic heterocycles. The van der Waals surface area contributed by atoms with Crippen molar-refractivity contribution in [2.45, 2.75) is 18.1 Å². The van der Waals surface area contributed by atoms with Gasteiger partial charge in [0.25, 0.3) is 0 Å². The third-order valence-electron chi connectivity index (χ3n) is 3.22. The Balaban J connectivity index is 2.27. The Kier molecular flexibility index (Phi) is 4.17. The van der Waals surface area contributed by atoms with E-state index in [0.29, 0.717) is 5.56 Å². The smallest absolute Gasteiger partial charge is 0.311 e. The van der Waals surface area contributed by atoms with Crippen molar-refractivity contribution in [3.05, 3.63) is 71.8 Å². The van der Waals surface area contributed by atoms with Gasteiger partial charge in [0.05, 0.1) is 5.92 Å². The Morgan fingerprint density at radius 1 is 0.950 bits per heavy atom. The number of carboxylic acid groups (broad SMARTS) is 1. The fourth-order valence-electron chi connectivity index (χ4n) is 2.14. The molecule has 0 aromatic heterocycles. The SMILES string of the molecule is O=C(O)C(CC(O)(O)c1ccccc1)c1ccccc1. The van der Waals surface area contributed by atoms with Crippen LogP contribution in [0.4, 0.5) is 0 Å². The van der Waals surface area contributed by atoms with Crippen LogP contribution in [0.2, 0.25) is 0 Å². The van der Waals surface area contributed by atoms with Crippen LogP contribution in [0.5, 0.6) is 0 Å². The molecule has 0 radical (unpaired) electrons. The van der Waals surface area contributed by atoms with Gasteiger partial charge in [-0.1, -0.05) is 60.7 Å². The lowest BCUT2D eigenvalue weighted by Gasteiger charge is -2.25. The van der Waals surface area contributed by atoms with Crippen LogP contribution in [0.1, 0.15) is 23.5 Å². The monoisotopic (exact) mass is 272 g/mol. The number of benzene rings is 2. The molecule has 0 saturated heterocycles. The molecular formula is C16H16O4. The molecule has 0 amide bonds. The Morgan fingerprint density at radius 3 is 1.95 bits per heavy atom. The van der Waals surface area contributed by atoms with Crippen molar-refractivity contribution in [1.82, 2.24) is 0 Å². The summed E-state index contributed by atoms with van der Waals surface area (Å²) in [6, 6.07) is 16.8. The van der Waals surface area contributed by atoms with E-state index in [9.17, 15) is 20.1 Å². The van der Waals surface area contributed by atoms with Crippen molar-refractivity contribution in [3.8, 4) is 0 Å². The largest absolute Gasteiger partial charge is 0.481 e. The van der Waals surface area contributed by atoms with Crippen LogP contribution < -0.4 is 0 Å². The highest BCUT2D eigenvalue weighted by molar-refractivity contribution is 5.76. The highest BCUT2D eigenvalue weighted by atomic mass is 16.5. The molecule has 0 bridgehead atoms. The van der Waals surface area contributed by atoms with E-state index in [2.05, 4.69) is 0 Å².